The third-order valence-electron chi connectivity index (χ3n) is 4.70. The van der Waals surface area contributed by atoms with Crippen LogP contribution in [0.25, 0.3) is 21.3 Å². The van der Waals surface area contributed by atoms with E-state index in [1.807, 2.05) is 35.7 Å². The van der Waals surface area contributed by atoms with Gasteiger partial charge in [0.1, 0.15) is 10.6 Å². The van der Waals surface area contributed by atoms with Crippen LogP contribution in [0.5, 0.6) is 5.75 Å². The fourth-order valence-electron chi connectivity index (χ4n) is 3.19. The van der Waals surface area contributed by atoms with Crippen molar-refractivity contribution in [1.82, 2.24) is 9.55 Å². The fraction of sp³-hybridized carbons (Fsp3) is 0.136. The first-order valence-electron chi connectivity index (χ1n) is 9.30. The number of aromatic carboxylic acids is 1. The summed E-state index contributed by atoms with van der Waals surface area (Å²) in [6, 6.07) is 15.7. The van der Waals surface area contributed by atoms with E-state index in [2.05, 4.69) is 4.98 Å². The molecule has 7 nitrogen and oxygen atoms in total. The van der Waals surface area contributed by atoms with Gasteiger partial charge in [0.2, 0.25) is 0 Å². The summed E-state index contributed by atoms with van der Waals surface area (Å²) in [4.78, 5) is 39.6. The number of thiophene rings is 1. The van der Waals surface area contributed by atoms with Gasteiger partial charge in [-0.2, -0.15) is 0 Å². The molecule has 0 spiro atoms. The lowest BCUT2D eigenvalue weighted by Gasteiger charge is -2.08. The topological polar surface area (TPSA) is 101 Å². The minimum absolute atomic E-state index is 0.179. The van der Waals surface area contributed by atoms with Gasteiger partial charge in [-0.05, 0) is 36.2 Å². The molecule has 30 heavy (non-hydrogen) atoms. The Bertz CT molecular complexity index is 1300. The molecule has 0 atom stereocenters. The second-order valence-corrected chi connectivity index (χ2v) is 7.52. The number of H-pyrrole nitrogens is 1. The van der Waals surface area contributed by atoms with Crippen LogP contribution in [0.1, 0.15) is 16.8 Å². The van der Waals surface area contributed by atoms with Crippen molar-refractivity contribution in [3.63, 3.8) is 0 Å². The highest BCUT2D eigenvalue weighted by atomic mass is 32.1. The molecule has 0 bridgehead atoms. The molecule has 0 unspecified atom stereocenters. The zero-order valence-electron chi connectivity index (χ0n) is 15.8. The number of hydrogen-bond donors (Lipinski definition) is 2. The Labute approximate surface area is 174 Å². The van der Waals surface area contributed by atoms with Gasteiger partial charge < -0.3 is 9.84 Å². The lowest BCUT2D eigenvalue weighted by atomic mass is 10.1. The molecule has 4 rings (SSSR count). The standard InChI is InChI=1S/C22H18N2O5S/c25-20-18-17(14-5-2-1-3-6-14)13-30-19(18)23-22(28)24(20)11-4-12-29-16-9-7-15(8-10-16)21(26)27/h1-3,5-10,13H,4,11-12H2,(H,23,28)(H,26,27). The molecule has 0 aliphatic heterocycles. The molecule has 0 saturated heterocycles. The van der Waals surface area contributed by atoms with Crippen LogP contribution in [0.4, 0.5) is 0 Å². The van der Waals surface area contributed by atoms with Gasteiger partial charge in [0, 0.05) is 17.5 Å². The normalized spacial score (nSPS) is 10.9. The maximum Gasteiger partial charge on any atom is 0.335 e. The molecule has 2 heterocycles. The Morgan fingerprint density at radius 2 is 1.80 bits per heavy atom. The number of ether oxygens (including phenoxy) is 1. The first-order chi connectivity index (χ1) is 14.5. The molecule has 0 aliphatic rings. The molecular formula is C22H18N2O5S. The molecular weight excluding hydrogens is 404 g/mol. The minimum Gasteiger partial charge on any atom is -0.494 e. The summed E-state index contributed by atoms with van der Waals surface area (Å²) < 4.78 is 6.78. The lowest BCUT2D eigenvalue weighted by molar-refractivity contribution is 0.0697. The summed E-state index contributed by atoms with van der Waals surface area (Å²) in [5.41, 5.74) is 1.14. The van der Waals surface area contributed by atoms with E-state index in [1.54, 1.807) is 12.1 Å². The quantitative estimate of drug-likeness (QED) is 0.443. The molecule has 0 radical (unpaired) electrons. The Hall–Kier alpha value is -3.65. The maximum absolute atomic E-state index is 13.0. The first kappa shape index (κ1) is 19.7. The predicted octanol–water partition coefficient (Wildman–Crippen LogP) is 3.59. The summed E-state index contributed by atoms with van der Waals surface area (Å²) in [7, 11) is 0. The number of aromatic nitrogens is 2. The number of fused-ring (bicyclic) bond motifs is 1. The molecule has 2 aromatic heterocycles. The Balaban J connectivity index is 1.51. The largest absolute Gasteiger partial charge is 0.494 e. The monoisotopic (exact) mass is 422 g/mol. The van der Waals surface area contributed by atoms with E-state index in [-0.39, 0.29) is 24.3 Å². The van der Waals surface area contributed by atoms with Gasteiger partial charge >= 0.3 is 11.7 Å². The highest BCUT2D eigenvalue weighted by molar-refractivity contribution is 7.17. The van der Waals surface area contributed by atoms with E-state index in [1.165, 1.54) is 28.0 Å². The van der Waals surface area contributed by atoms with Crippen LogP contribution < -0.4 is 16.0 Å². The number of carbonyl (C=O) groups is 1. The lowest BCUT2D eigenvalue weighted by Crippen LogP contribution is -2.35. The van der Waals surface area contributed by atoms with E-state index in [9.17, 15) is 14.4 Å². The zero-order chi connectivity index (χ0) is 21.1. The SMILES string of the molecule is O=C(O)c1ccc(OCCCn2c(=O)[nH]c3scc(-c4ccccc4)c3c2=O)cc1. The number of rotatable bonds is 7. The Morgan fingerprint density at radius 3 is 2.50 bits per heavy atom. The van der Waals surface area contributed by atoms with E-state index < -0.39 is 11.7 Å². The smallest absolute Gasteiger partial charge is 0.335 e. The third-order valence-corrected chi connectivity index (χ3v) is 5.59. The average molecular weight is 422 g/mol. The molecule has 2 N–H and O–H groups in total. The van der Waals surface area contributed by atoms with Crippen molar-refractivity contribution in [3.05, 3.63) is 86.4 Å². The van der Waals surface area contributed by atoms with E-state index in [4.69, 9.17) is 9.84 Å². The molecule has 0 aliphatic carbocycles. The minimum atomic E-state index is -1.00. The maximum atomic E-state index is 13.0. The van der Waals surface area contributed by atoms with Crippen molar-refractivity contribution < 1.29 is 14.6 Å². The summed E-state index contributed by atoms with van der Waals surface area (Å²) >= 11 is 1.34. The molecule has 8 heteroatoms. The molecule has 152 valence electrons. The van der Waals surface area contributed by atoms with Gasteiger partial charge in [0.25, 0.3) is 5.56 Å². The van der Waals surface area contributed by atoms with Crippen LogP contribution in [0.15, 0.2) is 69.6 Å². The van der Waals surface area contributed by atoms with Gasteiger partial charge in [-0.3, -0.25) is 14.3 Å². The van der Waals surface area contributed by atoms with Gasteiger partial charge in [-0.15, -0.1) is 11.3 Å². The molecule has 0 saturated carbocycles. The number of benzene rings is 2. The highest BCUT2D eigenvalue weighted by Gasteiger charge is 2.14. The van der Waals surface area contributed by atoms with E-state index in [0.29, 0.717) is 22.4 Å². The van der Waals surface area contributed by atoms with Gasteiger partial charge in [-0.1, -0.05) is 30.3 Å². The number of nitrogens with zero attached hydrogens (tertiary/aromatic N) is 1. The van der Waals surface area contributed by atoms with Crippen molar-refractivity contribution in [2.45, 2.75) is 13.0 Å². The highest BCUT2D eigenvalue weighted by Crippen LogP contribution is 2.29. The van der Waals surface area contributed by atoms with Gasteiger partial charge in [0.05, 0.1) is 17.6 Å². The van der Waals surface area contributed by atoms with Gasteiger partial charge in [-0.25, -0.2) is 9.59 Å². The van der Waals surface area contributed by atoms with Crippen LogP contribution in [0.3, 0.4) is 0 Å². The molecule has 2 aromatic carbocycles. The van der Waals surface area contributed by atoms with Crippen molar-refractivity contribution in [2.75, 3.05) is 6.61 Å². The number of carboxylic acid groups (broad SMARTS) is 1. The number of carboxylic acids is 1. The van der Waals surface area contributed by atoms with Crippen molar-refractivity contribution >= 4 is 27.5 Å². The molecule has 4 aromatic rings. The van der Waals surface area contributed by atoms with Crippen molar-refractivity contribution in [3.8, 4) is 16.9 Å². The van der Waals surface area contributed by atoms with Crippen LogP contribution in [-0.4, -0.2) is 27.2 Å². The number of aromatic amines is 1. The summed E-state index contributed by atoms with van der Waals surface area (Å²) in [6.45, 7) is 0.493. The second-order valence-electron chi connectivity index (χ2n) is 6.64. The van der Waals surface area contributed by atoms with E-state index >= 15 is 0 Å². The number of hydrogen-bond acceptors (Lipinski definition) is 5. The van der Waals surface area contributed by atoms with Crippen LogP contribution in [0, 0.1) is 0 Å². The van der Waals surface area contributed by atoms with E-state index in [0.717, 1.165) is 11.1 Å². The van der Waals surface area contributed by atoms with Gasteiger partial charge in [0.15, 0.2) is 0 Å². The van der Waals surface area contributed by atoms with Crippen molar-refractivity contribution in [1.29, 1.82) is 0 Å². The summed E-state index contributed by atoms with van der Waals surface area (Å²) in [5, 5.41) is 11.3. The third kappa shape index (κ3) is 3.90. The van der Waals surface area contributed by atoms with Crippen molar-refractivity contribution in [2.24, 2.45) is 0 Å². The fourth-order valence-corrected chi connectivity index (χ4v) is 4.14. The molecule has 0 fully saturated rings. The summed E-state index contributed by atoms with van der Waals surface area (Å²) in [5.74, 6) is -0.472. The van der Waals surface area contributed by atoms with Crippen LogP contribution >= 0.6 is 11.3 Å². The molecule has 0 amide bonds. The average Bonchev–Trinajstić information content (AvgIpc) is 3.18. The predicted molar refractivity (Wildman–Crippen MR) is 116 cm³/mol. The Morgan fingerprint density at radius 1 is 1.07 bits per heavy atom. The number of nitrogens with one attached hydrogen (secondary N) is 1. The first-order valence-corrected chi connectivity index (χ1v) is 10.2. The Kier molecular flexibility index (Phi) is 5.49. The summed E-state index contributed by atoms with van der Waals surface area (Å²) in [6.07, 6.45) is 0.444. The zero-order valence-corrected chi connectivity index (χ0v) is 16.6. The van der Waals surface area contributed by atoms with Crippen LogP contribution in [0.2, 0.25) is 0 Å². The van der Waals surface area contributed by atoms with Crippen LogP contribution in [-0.2, 0) is 6.54 Å². The second kappa shape index (κ2) is 8.38.